The summed E-state index contributed by atoms with van der Waals surface area (Å²) in [6.07, 6.45) is 6.82. The van der Waals surface area contributed by atoms with Crippen LogP contribution in [0.4, 0.5) is 5.69 Å². The van der Waals surface area contributed by atoms with Gasteiger partial charge in [0.15, 0.2) is 11.2 Å². The Kier molecular flexibility index (Phi) is 9.36. The Labute approximate surface area is 268 Å². The Morgan fingerprint density at radius 3 is 2.44 bits per heavy atom. The third kappa shape index (κ3) is 7.31. The van der Waals surface area contributed by atoms with E-state index in [1.165, 1.54) is 22.9 Å². The summed E-state index contributed by atoms with van der Waals surface area (Å²) in [5, 5.41) is 4.26. The molecule has 6 rings (SSSR count). The number of amides is 2. The van der Waals surface area contributed by atoms with Crippen LogP contribution in [0.2, 0.25) is 5.02 Å². The summed E-state index contributed by atoms with van der Waals surface area (Å²) in [4.78, 5) is 43.0. The summed E-state index contributed by atoms with van der Waals surface area (Å²) in [6, 6.07) is 22.5. The zero-order chi connectivity index (χ0) is 31.3. The van der Waals surface area contributed by atoms with Crippen molar-refractivity contribution in [2.24, 2.45) is 0 Å². The van der Waals surface area contributed by atoms with Crippen LogP contribution in [0.3, 0.4) is 0 Å². The number of piperidine rings is 1. The highest BCUT2D eigenvalue weighted by Crippen LogP contribution is 2.29. The summed E-state index contributed by atoms with van der Waals surface area (Å²) in [5.74, 6) is -0.192. The summed E-state index contributed by atoms with van der Waals surface area (Å²) in [6.45, 7) is 5.19. The van der Waals surface area contributed by atoms with E-state index in [1.54, 1.807) is 6.07 Å². The molecule has 0 saturated carbocycles. The maximum Gasteiger partial charge on any atom is 0.287 e. The van der Waals surface area contributed by atoms with Gasteiger partial charge in [0.1, 0.15) is 5.58 Å². The number of aryl methyl sites for hydroxylation is 1. The number of hydrogen-bond acceptors (Lipinski definition) is 5. The van der Waals surface area contributed by atoms with E-state index in [4.69, 9.17) is 16.0 Å². The van der Waals surface area contributed by atoms with Crippen molar-refractivity contribution in [3.05, 3.63) is 122 Å². The van der Waals surface area contributed by atoms with Gasteiger partial charge in [-0.05, 0) is 79.1 Å². The molecule has 0 bridgehead atoms. The molecule has 2 fully saturated rings. The Morgan fingerprint density at radius 2 is 1.71 bits per heavy atom. The number of nitrogens with zero attached hydrogens (tertiary/aromatic N) is 2. The Balaban J connectivity index is 1.19. The number of carbonyl (C=O) groups excluding carboxylic acids is 2. The Bertz CT molecular complexity index is 1790. The first-order chi connectivity index (χ1) is 21.9. The summed E-state index contributed by atoms with van der Waals surface area (Å²) < 4.78 is 5.91. The number of anilines is 1. The molecule has 0 aliphatic carbocycles. The second-order valence-electron chi connectivity index (χ2n) is 11.9. The number of rotatable bonds is 9. The number of para-hydroxylation sites is 1. The van der Waals surface area contributed by atoms with Gasteiger partial charge in [0.25, 0.3) is 5.91 Å². The molecule has 3 heterocycles. The molecule has 1 aromatic heterocycles. The van der Waals surface area contributed by atoms with Crippen molar-refractivity contribution in [3.63, 3.8) is 0 Å². The highest BCUT2D eigenvalue weighted by Gasteiger charge is 2.24. The lowest BCUT2D eigenvalue weighted by Gasteiger charge is -2.33. The van der Waals surface area contributed by atoms with Crippen molar-refractivity contribution in [2.45, 2.75) is 58.0 Å². The molecule has 1 N–H and O–H groups in total. The predicted octanol–water partition coefficient (Wildman–Crippen LogP) is 6.70. The molecule has 0 radical (unpaired) electrons. The number of nitrogens with one attached hydrogen (secondary N) is 1. The molecule has 0 unspecified atom stereocenters. The monoisotopic (exact) mass is 623 g/mol. The number of fused-ring (bicyclic) bond motifs is 1. The molecule has 232 valence electrons. The fourth-order valence-corrected chi connectivity index (χ4v) is 6.44. The predicted molar refractivity (Wildman–Crippen MR) is 179 cm³/mol. The minimum atomic E-state index is -0.424. The molecule has 4 aromatic rings. The molecule has 2 amide bonds. The average molecular weight is 624 g/mol. The second kappa shape index (κ2) is 13.7. The number of benzene rings is 3. The first-order valence-electron chi connectivity index (χ1n) is 15.8. The Morgan fingerprint density at radius 1 is 0.956 bits per heavy atom. The van der Waals surface area contributed by atoms with E-state index < -0.39 is 5.91 Å². The molecule has 2 aliphatic rings. The average Bonchev–Trinajstić information content (AvgIpc) is 3.46. The number of hydrogen-bond donors (Lipinski definition) is 1. The van der Waals surface area contributed by atoms with Crippen molar-refractivity contribution in [2.75, 3.05) is 24.5 Å². The minimum absolute atomic E-state index is 0.000773. The lowest BCUT2D eigenvalue weighted by atomic mass is 9.97. The van der Waals surface area contributed by atoms with Crippen LogP contribution in [0.1, 0.15) is 59.9 Å². The van der Waals surface area contributed by atoms with Gasteiger partial charge in [-0.1, -0.05) is 66.6 Å². The largest absolute Gasteiger partial charge is 0.451 e. The third-order valence-electron chi connectivity index (χ3n) is 8.82. The SMILES string of the molecule is CCc1ccc2oc(C(=O)N[C@@H](C=C3CCN(c4ccccc4CN4CCCC4=O)CC3)Cc3ccc(Cl)cc3)cc(=O)c2c1. The van der Waals surface area contributed by atoms with Gasteiger partial charge in [-0.2, -0.15) is 0 Å². The molecule has 3 aromatic carbocycles. The van der Waals surface area contributed by atoms with Crippen LogP contribution in [0.15, 0.2) is 93.7 Å². The third-order valence-corrected chi connectivity index (χ3v) is 9.07. The first-order valence-corrected chi connectivity index (χ1v) is 16.2. The number of likely N-dealkylation sites (tertiary alicyclic amines) is 1. The van der Waals surface area contributed by atoms with Gasteiger partial charge >= 0.3 is 0 Å². The molecule has 0 spiro atoms. The molecular formula is C37H38ClN3O4. The molecule has 1 atom stereocenters. The summed E-state index contributed by atoms with van der Waals surface area (Å²) in [7, 11) is 0. The highest BCUT2D eigenvalue weighted by molar-refractivity contribution is 6.30. The number of carbonyl (C=O) groups is 2. The quantitative estimate of drug-likeness (QED) is 0.210. The van der Waals surface area contributed by atoms with Crippen LogP contribution >= 0.6 is 11.6 Å². The Hall–Kier alpha value is -4.36. The first kappa shape index (κ1) is 30.7. The molecule has 2 aliphatic heterocycles. The van der Waals surface area contributed by atoms with Gasteiger partial charge in [0, 0.05) is 49.4 Å². The van der Waals surface area contributed by atoms with Crippen LogP contribution in [-0.4, -0.2) is 42.4 Å². The van der Waals surface area contributed by atoms with E-state index in [0.29, 0.717) is 35.4 Å². The van der Waals surface area contributed by atoms with Crippen molar-refractivity contribution in [3.8, 4) is 0 Å². The van der Waals surface area contributed by atoms with Gasteiger partial charge in [0.2, 0.25) is 5.91 Å². The van der Waals surface area contributed by atoms with E-state index in [1.807, 2.05) is 54.3 Å². The van der Waals surface area contributed by atoms with E-state index in [-0.39, 0.29) is 23.1 Å². The highest BCUT2D eigenvalue weighted by atomic mass is 35.5. The van der Waals surface area contributed by atoms with Gasteiger partial charge < -0.3 is 19.5 Å². The van der Waals surface area contributed by atoms with Crippen molar-refractivity contribution < 1.29 is 14.0 Å². The molecule has 7 nitrogen and oxygen atoms in total. The smallest absolute Gasteiger partial charge is 0.287 e. The number of halogens is 1. The van der Waals surface area contributed by atoms with Gasteiger partial charge in [-0.3, -0.25) is 14.4 Å². The van der Waals surface area contributed by atoms with Gasteiger partial charge in [-0.15, -0.1) is 0 Å². The minimum Gasteiger partial charge on any atom is -0.451 e. The second-order valence-corrected chi connectivity index (χ2v) is 12.4. The van der Waals surface area contributed by atoms with Crippen LogP contribution in [0.5, 0.6) is 0 Å². The topological polar surface area (TPSA) is 82.9 Å². The lowest BCUT2D eigenvalue weighted by Crippen LogP contribution is -2.37. The fourth-order valence-electron chi connectivity index (χ4n) is 6.32. The van der Waals surface area contributed by atoms with Crippen molar-refractivity contribution >= 4 is 40.1 Å². The maximum atomic E-state index is 13.5. The van der Waals surface area contributed by atoms with Gasteiger partial charge in [0.05, 0.1) is 11.4 Å². The van der Waals surface area contributed by atoms with Gasteiger partial charge in [-0.25, -0.2) is 0 Å². The summed E-state index contributed by atoms with van der Waals surface area (Å²) in [5.41, 5.74) is 5.87. The lowest BCUT2D eigenvalue weighted by molar-refractivity contribution is -0.128. The molecular weight excluding hydrogens is 586 g/mol. The molecule has 2 saturated heterocycles. The van der Waals surface area contributed by atoms with E-state index in [2.05, 4.69) is 34.5 Å². The molecule has 8 heteroatoms. The van der Waals surface area contributed by atoms with Crippen LogP contribution in [-0.2, 0) is 24.2 Å². The van der Waals surface area contributed by atoms with Crippen LogP contribution in [0.25, 0.3) is 11.0 Å². The maximum absolute atomic E-state index is 13.5. The van der Waals surface area contributed by atoms with Crippen molar-refractivity contribution in [1.82, 2.24) is 10.2 Å². The normalized spacial score (nSPS) is 15.9. The van der Waals surface area contributed by atoms with Crippen LogP contribution < -0.4 is 15.6 Å². The van der Waals surface area contributed by atoms with Crippen LogP contribution in [0, 0.1) is 0 Å². The molecule has 45 heavy (non-hydrogen) atoms. The van der Waals surface area contributed by atoms with E-state index in [0.717, 1.165) is 56.4 Å². The van der Waals surface area contributed by atoms with E-state index >= 15 is 0 Å². The summed E-state index contributed by atoms with van der Waals surface area (Å²) >= 11 is 6.13. The zero-order valence-electron chi connectivity index (χ0n) is 25.6. The standard InChI is InChI=1S/C37H38ClN3O4/c1-2-25-11-14-34-31(22-25)33(42)23-35(45-34)37(44)39-30(20-26-9-12-29(38)13-10-26)21-27-15-18-40(19-16-27)32-7-4-3-6-28(32)24-41-17-5-8-36(41)43/h3-4,6-7,9-14,21-23,30H,2,5,8,15-20,24H2,1H3,(H,39,44)/t30-/m1/s1. The zero-order valence-corrected chi connectivity index (χ0v) is 26.3. The van der Waals surface area contributed by atoms with Crippen molar-refractivity contribution in [1.29, 1.82) is 0 Å². The van der Waals surface area contributed by atoms with E-state index in [9.17, 15) is 14.4 Å². The fraction of sp³-hybridized carbons (Fsp3) is 0.324.